The molecule has 1 aromatic heterocycles. The summed E-state index contributed by atoms with van der Waals surface area (Å²) in [6.45, 7) is 4.04. The van der Waals surface area contributed by atoms with E-state index in [1.54, 1.807) is 0 Å². The Balaban J connectivity index is 2.94. The van der Waals surface area contributed by atoms with Crippen molar-refractivity contribution >= 4 is 15.8 Å². The third kappa shape index (κ3) is 3.28. The topological polar surface area (TPSA) is 102 Å². The fourth-order valence-electron chi connectivity index (χ4n) is 1.66. The van der Waals surface area contributed by atoms with Gasteiger partial charge in [0.1, 0.15) is 17.9 Å². The lowest BCUT2D eigenvalue weighted by Crippen LogP contribution is -2.31. The molecule has 1 atom stereocenters. The molecule has 0 saturated carbocycles. The van der Waals surface area contributed by atoms with E-state index in [4.69, 9.17) is 5.11 Å². The summed E-state index contributed by atoms with van der Waals surface area (Å²) in [6, 6.07) is 0. The highest BCUT2D eigenvalue weighted by atomic mass is 32.2. The second-order valence-corrected chi connectivity index (χ2v) is 6.13. The Hall–Kier alpha value is -1.44. The minimum absolute atomic E-state index is 0.0413. The third-order valence-electron chi connectivity index (χ3n) is 2.54. The maximum atomic E-state index is 12.0. The standard InChI is InChI=1S/C10H17N3O4S/c1-3-5-13-9(11-7-12-13)6-18(16,17)8(4-2)10(14)15/h7-8H,3-6H2,1-2H3,(H,14,15). The van der Waals surface area contributed by atoms with Gasteiger partial charge in [-0.1, -0.05) is 13.8 Å². The molecule has 0 spiro atoms. The molecule has 0 aromatic carbocycles. The lowest BCUT2D eigenvalue weighted by atomic mass is 10.3. The largest absolute Gasteiger partial charge is 0.480 e. The van der Waals surface area contributed by atoms with Gasteiger partial charge in [0, 0.05) is 6.54 Å². The second-order valence-electron chi connectivity index (χ2n) is 3.94. The summed E-state index contributed by atoms with van der Waals surface area (Å²) < 4.78 is 25.4. The summed E-state index contributed by atoms with van der Waals surface area (Å²) in [4.78, 5) is 14.8. The van der Waals surface area contributed by atoms with Crippen LogP contribution in [0.1, 0.15) is 32.5 Å². The zero-order chi connectivity index (χ0) is 13.8. The van der Waals surface area contributed by atoms with E-state index >= 15 is 0 Å². The lowest BCUT2D eigenvalue weighted by molar-refractivity contribution is -0.136. The van der Waals surface area contributed by atoms with Crippen LogP contribution < -0.4 is 0 Å². The molecule has 0 aliphatic rings. The van der Waals surface area contributed by atoms with Crippen molar-refractivity contribution in [2.24, 2.45) is 0 Å². The highest BCUT2D eigenvalue weighted by Crippen LogP contribution is 2.13. The first-order chi connectivity index (χ1) is 8.42. The minimum atomic E-state index is -3.76. The normalized spacial score (nSPS) is 13.4. The van der Waals surface area contributed by atoms with Crippen molar-refractivity contribution in [3.05, 3.63) is 12.2 Å². The van der Waals surface area contributed by atoms with Crippen molar-refractivity contribution in [1.29, 1.82) is 0 Å². The van der Waals surface area contributed by atoms with Crippen LogP contribution in [0, 0.1) is 0 Å². The maximum absolute atomic E-state index is 12.0. The van der Waals surface area contributed by atoms with E-state index in [1.807, 2.05) is 6.92 Å². The minimum Gasteiger partial charge on any atom is -0.480 e. The molecule has 18 heavy (non-hydrogen) atoms. The SMILES string of the molecule is CCCn1ncnc1CS(=O)(=O)C(CC)C(=O)O. The number of aromatic nitrogens is 3. The van der Waals surface area contributed by atoms with Gasteiger partial charge < -0.3 is 5.11 Å². The van der Waals surface area contributed by atoms with Crippen LogP contribution in [0.3, 0.4) is 0 Å². The fourth-order valence-corrected chi connectivity index (χ4v) is 3.26. The summed E-state index contributed by atoms with van der Waals surface area (Å²) in [5.74, 6) is -1.42. The Morgan fingerprint density at radius 1 is 1.50 bits per heavy atom. The van der Waals surface area contributed by atoms with Gasteiger partial charge in [-0.25, -0.2) is 18.1 Å². The highest BCUT2D eigenvalue weighted by molar-refractivity contribution is 7.92. The molecule has 1 heterocycles. The van der Waals surface area contributed by atoms with Gasteiger partial charge in [0.2, 0.25) is 0 Å². The molecule has 102 valence electrons. The van der Waals surface area contributed by atoms with Crippen molar-refractivity contribution in [2.45, 2.75) is 44.2 Å². The Morgan fingerprint density at radius 3 is 2.67 bits per heavy atom. The van der Waals surface area contributed by atoms with Crippen molar-refractivity contribution in [3.8, 4) is 0 Å². The molecule has 0 saturated heterocycles. The highest BCUT2D eigenvalue weighted by Gasteiger charge is 2.32. The number of sulfone groups is 1. The van der Waals surface area contributed by atoms with Crippen LogP contribution in [-0.4, -0.2) is 39.5 Å². The van der Waals surface area contributed by atoms with Crippen LogP contribution in [0.4, 0.5) is 0 Å². The van der Waals surface area contributed by atoms with Gasteiger partial charge in [0.05, 0.1) is 0 Å². The molecule has 1 unspecified atom stereocenters. The molecule has 1 N–H and O–H groups in total. The van der Waals surface area contributed by atoms with Crippen LogP contribution >= 0.6 is 0 Å². The number of hydrogen-bond acceptors (Lipinski definition) is 5. The van der Waals surface area contributed by atoms with Gasteiger partial charge in [-0.2, -0.15) is 5.10 Å². The van der Waals surface area contributed by atoms with Crippen molar-refractivity contribution in [2.75, 3.05) is 0 Å². The van der Waals surface area contributed by atoms with E-state index < -0.39 is 26.8 Å². The first-order valence-electron chi connectivity index (χ1n) is 5.73. The van der Waals surface area contributed by atoms with Crippen LogP contribution in [-0.2, 0) is 26.9 Å². The van der Waals surface area contributed by atoms with Gasteiger partial charge in [-0.05, 0) is 12.8 Å². The molecule has 1 rings (SSSR count). The molecular formula is C10H17N3O4S. The molecule has 0 radical (unpaired) electrons. The second kappa shape index (κ2) is 5.94. The molecule has 0 fully saturated rings. The lowest BCUT2D eigenvalue weighted by Gasteiger charge is -2.11. The van der Waals surface area contributed by atoms with E-state index in [2.05, 4.69) is 10.1 Å². The van der Waals surface area contributed by atoms with Crippen LogP contribution in [0.2, 0.25) is 0 Å². The Morgan fingerprint density at radius 2 is 2.17 bits per heavy atom. The van der Waals surface area contributed by atoms with E-state index in [0.717, 1.165) is 6.42 Å². The number of carbonyl (C=O) groups is 1. The van der Waals surface area contributed by atoms with Crippen molar-refractivity contribution in [1.82, 2.24) is 14.8 Å². The smallest absolute Gasteiger partial charge is 0.321 e. The zero-order valence-electron chi connectivity index (χ0n) is 10.4. The van der Waals surface area contributed by atoms with E-state index in [0.29, 0.717) is 6.54 Å². The molecule has 8 heteroatoms. The van der Waals surface area contributed by atoms with E-state index in [9.17, 15) is 13.2 Å². The quantitative estimate of drug-likeness (QED) is 0.775. The number of aliphatic carboxylic acids is 1. The summed E-state index contributed by atoms with van der Waals surface area (Å²) in [6.07, 6.45) is 2.12. The molecule has 0 aliphatic heterocycles. The summed E-state index contributed by atoms with van der Waals surface area (Å²) >= 11 is 0. The predicted octanol–water partition coefficient (Wildman–Crippen LogP) is 0.466. The Labute approximate surface area is 106 Å². The number of carboxylic acid groups (broad SMARTS) is 1. The molecular weight excluding hydrogens is 258 g/mol. The maximum Gasteiger partial charge on any atom is 0.321 e. The first-order valence-corrected chi connectivity index (χ1v) is 7.45. The molecule has 1 aromatic rings. The van der Waals surface area contributed by atoms with Gasteiger partial charge in [-0.15, -0.1) is 0 Å². The number of carboxylic acids is 1. The first kappa shape index (κ1) is 14.6. The van der Waals surface area contributed by atoms with Crippen LogP contribution in [0.25, 0.3) is 0 Å². The Kier molecular flexibility index (Phi) is 4.83. The third-order valence-corrected chi connectivity index (χ3v) is 4.60. The predicted molar refractivity (Wildman–Crippen MR) is 64.7 cm³/mol. The number of nitrogens with zero attached hydrogens (tertiary/aromatic N) is 3. The molecule has 0 aliphatic carbocycles. The van der Waals surface area contributed by atoms with Gasteiger partial charge in [-0.3, -0.25) is 4.79 Å². The van der Waals surface area contributed by atoms with Crippen molar-refractivity contribution < 1.29 is 18.3 Å². The van der Waals surface area contributed by atoms with Gasteiger partial charge >= 0.3 is 5.97 Å². The molecule has 0 amide bonds. The average Bonchev–Trinajstić information content (AvgIpc) is 2.65. The van der Waals surface area contributed by atoms with Gasteiger partial charge in [0.15, 0.2) is 15.1 Å². The summed E-state index contributed by atoms with van der Waals surface area (Å²) in [5, 5.41) is 11.4. The van der Waals surface area contributed by atoms with Gasteiger partial charge in [0.25, 0.3) is 0 Å². The monoisotopic (exact) mass is 275 g/mol. The van der Waals surface area contributed by atoms with Crippen LogP contribution in [0.5, 0.6) is 0 Å². The van der Waals surface area contributed by atoms with E-state index in [1.165, 1.54) is 17.9 Å². The summed E-state index contributed by atoms with van der Waals surface area (Å²) in [5.41, 5.74) is 0. The number of rotatable bonds is 7. The fraction of sp³-hybridized carbons (Fsp3) is 0.700. The molecule has 7 nitrogen and oxygen atoms in total. The number of aryl methyl sites for hydroxylation is 1. The van der Waals surface area contributed by atoms with E-state index in [-0.39, 0.29) is 12.2 Å². The Bertz CT molecular complexity index is 509. The zero-order valence-corrected chi connectivity index (χ0v) is 11.2. The molecule has 0 bridgehead atoms. The number of hydrogen-bond donors (Lipinski definition) is 1. The van der Waals surface area contributed by atoms with Crippen LogP contribution in [0.15, 0.2) is 6.33 Å². The summed E-state index contributed by atoms with van der Waals surface area (Å²) in [7, 11) is -3.76. The van der Waals surface area contributed by atoms with Crippen molar-refractivity contribution in [3.63, 3.8) is 0 Å². The average molecular weight is 275 g/mol.